The van der Waals surface area contributed by atoms with Crippen molar-refractivity contribution in [2.24, 2.45) is 0 Å². The molecule has 0 aliphatic rings. The van der Waals surface area contributed by atoms with Gasteiger partial charge in [-0.25, -0.2) is 4.39 Å². The van der Waals surface area contributed by atoms with Crippen LogP contribution in [-0.4, -0.2) is 4.98 Å². The minimum Gasteiger partial charge on any atom is -0.253 e. The van der Waals surface area contributed by atoms with Crippen LogP contribution in [0.3, 0.4) is 0 Å². The predicted molar refractivity (Wildman–Crippen MR) is 84.9 cm³/mol. The second-order valence-electron chi connectivity index (χ2n) is 5.45. The number of nitrogens with zero attached hydrogens (tertiary/aromatic N) is 1. The van der Waals surface area contributed by atoms with Gasteiger partial charge in [-0.2, -0.15) is 0 Å². The standard InChI is InChI=1S/C19H18FN/c1-14-8-10-15(11-9-14)4-2-5-16-12-13-21-19-17(16)6-3-7-18(19)20/h3,6-13H,2,4-5H2,1H3. The van der Waals surface area contributed by atoms with Gasteiger partial charge in [0.05, 0.1) is 0 Å². The Labute approximate surface area is 124 Å². The molecule has 1 aromatic heterocycles. The van der Waals surface area contributed by atoms with Crippen LogP contribution in [0.25, 0.3) is 10.9 Å². The SMILES string of the molecule is Cc1ccc(CCCc2ccnc3c(F)cccc23)cc1. The van der Waals surface area contributed by atoms with Crippen LogP contribution in [0.15, 0.2) is 54.7 Å². The Morgan fingerprint density at radius 1 is 0.952 bits per heavy atom. The number of hydrogen-bond donors (Lipinski definition) is 0. The van der Waals surface area contributed by atoms with Crippen LogP contribution in [0.2, 0.25) is 0 Å². The number of aromatic nitrogens is 1. The van der Waals surface area contributed by atoms with Gasteiger partial charge in [-0.1, -0.05) is 42.0 Å². The van der Waals surface area contributed by atoms with E-state index in [1.165, 1.54) is 22.8 Å². The molecule has 0 bridgehead atoms. The van der Waals surface area contributed by atoms with E-state index in [9.17, 15) is 4.39 Å². The van der Waals surface area contributed by atoms with Crippen LogP contribution in [-0.2, 0) is 12.8 Å². The van der Waals surface area contributed by atoms with Gasteiger partial charge in [0.1, 0.15) is 11.3 Å². The second-order valence-corrected chi connectivity index (χ2v) is 5.45. The molecule has 0 atom stereocenters. The van der Waals surface area contributed by atoms with E-state index in [4.69, 9.17) is 0 Å². The molecule has 0 unspecified atom stereocenters. The number of fused-ring (bicyclic) bond motifs is 1. The van der Waals surface area contributed by atoms with E-state index >= 15 is 0 Å². The average Bonchev–Trinajstić information content (AvgIpc) is 2.50. The van der Waals surface area contributed by atoms with Crippen molar-refractivity contribution >= 4 is 10.9 Å². The van der Waals surface area contributed by atoms with Crippen molar-refractivity contribution in [3.63, 3.8) is 0 Å². The molecule has 3 rings (SSSR count). The molecule has 0 radical (unpaired) electrons. The van der Waals surface area contributed by atoms with E-state index in [2.05, 4.69) is 36.2 Å². The summed E-state index contributed by atoms with van der Waals surface area (Å²) in [6, 6.07) is 15.8. The average molecular weight is 279 g/mol. The Bertz CT molecular complexity index is 747. The van der Waals surface area contributed by atoms with E-state index in [1.54, 1.807) is 12.3 Å². The lowest BCUT2D eigenvalue weighted by molar-refractivity contribution is 0.636. The molecule has 0 amide bonds. The topological polar surface area (TPSA) is 12.9 Å². The lowest BCUT2D eigenvalue weighted by Gasteiger charge is -2.07. The minimum absolute atomic E-state index is 0.243. The third kappa shape index (κ3) is 3.10. The smallest absolute Gasteiger partial charge is 0.149 e. The highest BCUT2D eigenvalue weighted by Crippen LogP contribution is 2.21. The molecule has 3 aromatic rings. The molecule has 0 spiro atoms. The van der Waals surface area contributed by atoms with Gasteiger partial charge in [0, 0.05) is 11.6 Å². The first-order valence-electron chi connectivity index (χ1n) is 7.32. The third-order valence-electron chi connectivity index (χ3n) is 3.84. The van der Waals surface area contributed by atoms with Gasteiger partial charge in [-0.05, 0) is 49.4 Å². The molecule has 0 N–H and O–H groups in total. The number of para-hydroxylation sites is 1. The summed E-state index contributed by atoms with van der Waals surface area (Å²) in [7, 11) is 0. The molecular formula is C19H18FN. The minimum atomic E-state index is -0.243. The quantitative estimate of drug-likeness (QED) is 0.664. The van der Waals surface area contributed by atoms with Crippen LogP contribution >= 0.6 is 0 Å². The van der Waals surface area contributed by atoms with Gasteiger partial charge < -0.3 is 0 Å². The van der Waals surface area contributed by atoms with E-state index in [1.807, 2.05) is 12.1 Å². The zero-order valence-electron chi connectivity index (χ0n) is 12.1. The molecule has 0 saturated heterocycles. The van der Waals surface area contributed by atoms with Crippen LogP contribution in [0.5, 0.6) is 0 Å². The van der Waals surface area contributed by atoms with Gasteiger partial charge in [-0.15, -0.1) is 0 Å². The number of pyridine rings is 1. The Morgan fingerprint density at radius 2 is 1.76 bits per heavy atom. The molecule has 21 heavy (non-hydrogen) atoms. The molecule has 0 aliphatic carbocycles. The Hall–Kier alpha value is -2.22. The Balaban J connectivity index is 1.73. The van der Waals surface area contributed by atoms with Gasteiger partial charge in [0.2, 0.25) is 0 Å². The van der Waals surface area contributed by atoms with Crippen molar-refractivity contribution in [1.29, 1.82) is 0 Å². The summed E-state index contributed by atoms with van der Waals surface area (Å²) in [4.78, 5) is 4.14. The van der Waals surface area contributed by atoms with Crippen molar-refractivity contribution in [3.05, 3.63) is 77.2 Å². The van der Waals surface area contributed by atoms with Crippen molar-refractivity contribution in [2.75, 3.05) is 0 Å². The summed E-state index contributed by atoms with van der Waals surface area (Å²) < 4.78 is 13.7. The zero-order chi connectivity index (χ0) is 14.7. The second kappa shape index (κ2) is 6.04. The van der Waals surface area contributed by atoms with Crippen molar-refractivity contribution in [3.8, 4) is 0 Å². The lowest BCUT2D eigenvalue weighted by Crippen LogP contribution is -1.94. The van der Waals surface area contributed by atoms with Crippen LogP contribution in [0.1, 0.15) is 23.1 Å². The fraction of sp³-hybridized carbons (Fsp3) is 0.211. The largest absolute Gasteiger partial charge is 0.253 e. The Kier molecular flexibility index (Phi) is 3.96. The summed E-state index contributed by atoms with van der Waals surface area (Å²) in [5, 5.41) is 0.932. The molecular weight excluding hydrogens is 261 g/mol. The van der Waals surface area contributed by atoms with Gasteiger partial charge in [0.15, 0.2) is 0 Å². The summed E-state index contributed by atoms with van der Waals surface area (Å²) in [6.07, 6.45) is 4.74. The molecule has 0 aliphatic heterocycles. The first kappa shape index (κ1) is 13.7. The Morgan fingerprint density at radius 3 is 2.57 bits per heavy atom. The molecule has 1 heterocycles. The monoisotopic (exact) mass is 279 g/mol. The first-order chi connectivity index (χ1) is 10.2. The molecule has 106 valence electrons. The van der Waals surface area contributed by atoms with Crippen molar-refractivity contribution in [1.82, 2.24) is 4.98 Å². The van der Waals surface area contributed by atoms with Gasteiger partial charge in [0.25, 0.3) is 0 Å². The summed E-state index contributed by atoms with van der Waals surface area (Å²) in [5.41, 5.74) is 4.29. The highest BCUT2D eigenvalue weighted by molar-refractivity contribution is 5.82. The molecule has 0 saturated carbocycles. The van der Waals surface area contributed by atoms with E-state index in [0.717, 1.165) is 24.6 Å². The summed E-state index contributed by atoms with van der Waals surface area (Å²) in [5.74, 6) is -0.243. The van der Waals surface area contributed by atoms with Crippen molar-refractivity contribution in [2.45, 2.75) is 26.2 Å². The molecule has 1 nitrogen and oxygen atoms in total. The van der Waals surface area contributed by atoms with Crippen LogP contribution in [0, 0.1) is 12.7 Å². The molecule has 2 heteroatoms. The zero-order valence-corrected chi connectivity index (χ0v) is 12.1. The maximum Gasteiger partial charge on any atom is 0.149 e. The third-order valence-corrected chi connectivity index (χ3v) is 3.84. The fourth-order valence-electron chi connectivity index (χ4n) is 2.65. The number of aryl methyl sites for hydroxylation is 3. The van der Waals surface area contributed by atoms with E-state index in [0.29, 0.717) is 5.52 Å². The van der Waals surface area contributed by atoms with Crippen molar-refractivity contribution < 1.29 is 4.39 Å². The maximum atomic E-state index is 13.7. The van der Waals surface area contributed by atoms with Gasteiger partial charge >= 0.3 is 0 Å². The maximum absolute atomic E-state index is 13.7. The van der Waals surface area contributed by atoms with E-state index < -0.39 is 0 Å². The normalized spacial score (nSPS) is 11.0. The van der Waals surface area contributed by atoms with Crippen LogP contribution < -0.4 is 0 Å². The number of benzene rings is 2. The fourth-order valence-corrected chi connectivity index (χ4v) is 2.65. The number of hydrogen-bond acceptors (Lipinski definition) is 1. The summed E-state index contributed by atoms with van der Waals surface area (Å²) in [6.45, 7) is 2.10. The number of halogens is 1. The molecule has 2 aromatic carbocycles. The lowest BCUT2D eigenvalue weighted by atomic mass is 10.0. The summed E-state index contributed by atoms with van der Waals surface area (Å²) >= 11 is 0. The highest BCUT2D eigenvalue weighted by atomic mass is 19.1. The van der Waals surface area contributed by atoms with Gasteiger partial charge in [-0.3, -0.25) is 4.98 Å². The first-order valence-corrected chi connectivity index (χ1v) is 7.32. The molecule has 0 fully saturated rings. The highest BCUT2D eigenvalue weighted by Gasteiger charge is 2.05. The van der Waals surface area contributed by atoms with E-state index in [-0.39, 0.29) is 5.82 Å². The predicted octanol–water partition coefficient (Wildman–Crippen LogP) is 4.86. The van der Waals surface area contributed by atoms with Crippen LogP contribution in [0.4, 0.5) is 4.39 Å². The number of rotatable bonds is 4.